The molecule has 1 aromatic heterocycles. The van der Waals surface area contributed by atoms with Crippen molar-refractivity contribution in [3.8, 4) is 11.6 Å². The second-order valence-electron chi connectivity index (χ2n) is 2.79. The molecule has 0 bridgehead atoms. The van der Waals surface area contributed by atoms with Gasteiger partial charge >= 0.3 is 12.3 Å². The number of hydrogen-bond acceptors (Lipinski definition) is 4. The molecule has 0 amide bonds. The maximum atomic E-state index is 11.9. The first-order valence-electron chi connectivity index (χ1n) is 4.02. The smallest absolute Gasteiger partial charge is 0.505 e. The number of carboxylic acids is 1. The monoisotopic (exact) mass is 315 g/mol. The third-order valence-corrected chi connectivity index (χ3v) is 2.15. The number of pyridine rings is 1. The predicted molar refractivity (Wildman–Crippen MR) is 52.2 cm³/mol. The van der Waals surface area contributed by atoms with Crippen molar-refractivity contribution in [1.29, 1.82) is 0 Å². The summed E-state index contributed by atoms with van der Waals surface area (Å²) in [4.78, 5) is 14.0. The van der Waals surface area contributed by atoms with Gasteiger partial charge in [0.1, 0.15) is 5.56 Å². The van der Waals surface area contributed by atoms with E-state index in [4.69, 9.17) is 5.11 Å². The number of alkyl halides is 4. The Morgan fingerprint density at radius 1 is 1.53 bits per heavy atom. The molecular formula is C8H5BrF3NO4. The lowest BCUT2D eigenvalue weighted by molar-refractivity contribution is -0.276. The van der Waals surface area contributed by atoms with Crippen molar-refractivity contribution in [3.05, 3.63) is 17.3 Å². The molecule has 0 aliphatic carbocycles. The minimum Gasteiger partial charge on any atom is -0.505 e. The highest BCUT2D eigenvalue weighted by molar-refractivity contribution is 9.08. The number of aromatic carboxylic acids is 1. The molecule has 0 saturated carbocycles. The lowest BCUT2D eigenvalue weighted by Gasteiger charge is -2.11. The standard InChI is InChI=1S/C8H5BrF3NO4/c9-2-4-6(14)3(7(15)16)1-5(13-4)17-8(10,11)12/h1,14H,2H2,(H,15,16). The van der Waals surface area contributed by atoms with Crippen molar-refractivity contribution in [3.63, 3.8) is 0 Å². The van der Waals surface area contributed by atoms with E-state index in [1.807, 2.05) is 0 Å². The van der Waals surface area contributed by atoms with Crippen LogP contribution in [0.15, 0.2) is 6.07 Å². The highest BCUT2D eigenvalue weighted by Crippen LogP contribution is 2.29. The minimum atomic E-state index is -4.98. The first-order chi connectivity index (χ1) is 7.74. The summed E-state index contributed by atoms with van der Waals surface area (Å²) in [7, 11) is 0. The normalized spacial score (nSPS) is 11.3. The number of carbonyl (C=O) groups is 1. The van der Waals surface area contributed by atoms with Gasteiger partial charge in [0.05, 0.1) is 5.69 Å². The molecule has 0 aromatic carbocycles. The van der Waals surface area contributed by atoms with E-state index in [0.717, 1.165) is 0 Å². The lowest BCUT2D eigenvalue weighted by Crippen LogP contribution is -2.18. The van der Waals surface area contributed by atoms with Gasteiger partial charge in [-0.15, -0.1) is 13.2 Å². The molecule has 94 valence electrons. The quantitative estimate of drug-likeness (QED) is 0.836. The Hall–Kier alpha value is -1.51. The van der Waals surface area contributed by atoms with Crippen LogP contribution in [-0.2, 0) is 5.33 Å². The molecule has 0 radical (unpaired) electrons. The summed E-state index contributed by atoms with van der Waals surface area (Å²) in [6.07, 6.45) is -4.98. The van der Waals surface area contributed by atoms with Gasteiger partial charge < -0.3 is 14.9 Å². The van der Waals surface area contributed by atoms with E-state index < -0.39 is 29.5 Å². The van der Waals surface area contributed by atoms with Crippen molar-refractivity contribution in [2.75, 3.05) is 0 Å². The fourth-order valence-corrected chi connectivity index (χ4v) is 1.38. The molecule has 0 spiro atoms. The van der Waals surface area contributed by atoms with E-state index in [0.29, 0.717) is 6.07 Å². The third-order valence-electron chi connectivity index (χ3n) is 1.62. The van der Waals surface area contributed by atoms with Crippen LogP contribution in [0.4, 0.5) is 13.2 Å². The van der Waals surface area contributed by atoms with Crippen LogP contribution in [0, 0.1) is 0 Å². The largest absolute Gasteiger partial charge is 0.574 e. The van der Waals surface area contributed by atoms with Gasteiger partial charge in [0.15, 0.2) is 5.75 Å². The highest BCUT2D eigenvalue weighted by atomic mass is 79.9. The topological polar surface area (TPSA) is 79.7 Å². The van der Waals surface area contributed by atoms with Gasteiger partial charge in [0.25, 0.3) is 0 Å². The number of ether oxygens (including phenoxy) is 1. The van der Waals surface area contributed by atoms with E-state index in [2.05, 4.69) is 25.7 Å². The Morgan fingerprint density at radius 2 is 2.12 bits per heavy atom. The number of carboxylic acid groups (broad SMARTS) is 1. The summed E-state index contributed by atoms with van der Waals surface area (Å²) in [6.45, 7) is 0. The van der Waals surface area contributed by atoms with Crippen LogP contribution in [0.25, 0.3) is 0 Å². The van der Waals surface area contributed by atoms with Crippen molar-refractivity contribution in [1.82, 2.24) is 4.98 Å². The number of hydrogen-bond donors (Lipinski definition) is 2. The summed E-state index contributed by atoms with van der Waals surface area (Å²) in [6, 6.07) is 0.497. The molecule has 0 aliphatic rings. The maximum absolute atomic E-state index is 11.9. The number of nitrogens with zero attached hydrogens (tertiary/aromatic N) is 1. The Balaban J connectivity index is 3.25. The zero-order valence-electron chi connectivity index (χ0n) is 7.95. The van der Waals surface area contributed by atoms with Crippen LogP contribution in [0.2, 0.25) is 0 Å². The van der Waals surface area contributed by atoms with Crippen molar-refractivity contribution in [2.45, 2.75) is 11.7 Å². The zero-order valence-corrected chi connectivity index (χ0v) is 9.54. The molecule has 1 heterocycles. The number of aromatic hydroxyl groups is 1. The zero-order chi connectivity index (χ0) is 13.2. The Bertz CT molecular complexity index is 449. The summed E-state index contributed by atoms with van der Waals surface area (Å²) >= 11 is 2.85. The number of halogens is 4. The van der Waals surface area contributed by atoms with Gasteiger partial charge in [-0.05, 0) is 0 Å². The van der Waals surface area contributed by atoms with E-state index in [1.165, 1.54) is 0 Å². The predicted octanol–water partition coefficient (Wildman–Crippen LogP) is 2.28. The molecule has 0 saturated heterocycles. The van der Waals surface area contributed by atoms with Crippen LogP contribution in [-0.4, -0.2) is 27.5 Å². The SMILES string of the molecule is O=C(O)c1cc(OC(F)(F)F)nc(CBr)c1O. The Kier molecular flexibility index (Phi) is 3.81. The molecule has 2 N–H and O–H groups in total. The van der Waals surface area contributed by atoms with Gasteiger partial charge in [-0.25, -0.2) is 9.78 Å². The maximum Gasteiger partial charge on any atom is 0.574 e. The summed E-state index contributed by atoms with van der Waals surface area (Å²) in [5.74, 6) is -3.23. The van der Waals surface area contributed by atoms with Crippen molar-refractivity contribution >= 4 is 21.9 Å². The molecule has 0 atom stereocenters. The van der Waals surface area contributed by atoms with Crippen molar-refractivity contribution < 1.29 is 32.9 Å². The van der Waals surface area contributed by atoms with Crippen LogP contribution < -0.4 is 4.74 Å². The van der Waals surface area contributed by atoms with E-state index in [-0.39, 0.29) is 11.0 Å². The first-order valence-corrected chi connectivity index (χ1v) is 5.14. The fraction of sp³-hybridized carbons (Fsp3) is 0.250. The summed E-state index contributed by atoms with van der Waals surface area (Å²) < 4.78 is 39.3. The van der Waals surface area contributed by atoms with E-state index >= 15 is 0 Å². The van der Waals surface area contributed by atoms with Crippen LogP contribution in [0.1, 0.15) is 16.1 Å². The second-order valence-corrected chi connectivity index (χ2v) is 3.35. The molecule has 0 aliphatic heterocycles. The molecular weight excluding hydrogens is 311 g/mol. The molecule has 1 aromatic rings. The molecule has 1 rings (SSSR count). The lowest BCUT2D eigenvalue weighted by atomic mass is 10.2. The van der Waals surface area contributed by atoms with E-state index in [1.54, 1.807) is 0 Å². The van der Waals surface area contributed by atoms with Gasteiger partial charge in [-0.3, -0.25) is 0 Å². The van der Waals surface area contributed by atoms with E-state index in [9.17, 15) is 23.1 Å². The fourth-order valence-electron chi connectivity index (χ4n) is 0.993. The molecule has 9 heteroatoms. The Labute approximate surface area is 101 Å². The average molecular weight is 316 g/mol. The average Bonchev–Trinajstić information content (AvgIpc) is 2.17. The number of aromatic nitrogens is 1. The van der Waals surface area contributed by atoms with Crippen LogP contribution >= 0.6 is 15.9 Å². The first kappa shape index (κ1) is 13.6. The molecule has 17 heavy (non-hydrogen) atoms. The summed E-state index contributed by atoms with van der Waals surface area (Å²) in [5.41, 5.74) is -0.974. The second kappa shape index (κ2) is 4.78. The summed E-state index contributed by atoms with van der Waals surface area (Å²) in [5, 5.41) is 17.9. The highest BCUT2D eigenvalue weighted by Gasteiger charge is 2.33. The number of rotatable bonds is 3. The van der Waals surface area contributed by atoms with Gasteiger partial charge in [-0.1, -0.05) is 15.9 Å². The van der Waals surface area contributed by atoms with Crippen LogP contribution in [0.5, 0.6) is 11.6 Å². The third kappa shape index (κ3) is 3.48. The van der Waals surface area contributed by atoms with Crippen LogP contribution in [0.3, 0.4) is 0 Å². The minimum absolute atomic E-state index is 0.117. The molecule has 0 unspecified atom stereocenters. The van der Waals surface area contributed by atoms with Gasteiger partial charge in [0.2, 0.25) is 5.88 Å². The van der Waals surface area contributed by atoms with Crippen molar-refractivity contribution in [2.24, 2.45) is 0 Å². The molecule has 0 fully saturated rings. The molecule has 5 nitrogen and oxygen atoms in total. The Morgan fingerprint density at radius 3 is 2.53 bits per heavy atom. The van der Waals surface area contributed by atoms with Gasteiger partial charge in [-0.2, -0.15) is 0 Å². The van der Waals surface area contributed by atoms with Gasteiger partial charge in [0, 0.05) is 11.4 Å².